The Balaban J connectivity index is 0.000000238. The molecule has 0 bridgehead atoms. The quantitative estimate of drug-likeness (QED) is 0.174. The molecule has 1 aliphatic rings. The van der Waals surface area contributed by atoms with Crippen LogP contribution >= 0.6 is 19.4 Å². The van der Waals surface area contributed by atoms with Gasteiger partial charge in [0.25, 0.3) is 0 Å². The summed E-state index contributed by atoms with van der Waals surface area (Å²) in [6.45, 7) is 24.6. The summed E-state index contributed by atoms with van der Waals surface area (Å²) in [6.07, 6.45) is -0.532. The van der Waals surface area contributed by atoms with Crippen LogP contribution in [0.15, 0.2) is 48.5 Å². The summed E-state index contributed by atoms with van der Waals surface area (Å²) in [7, 11) is 11.8. The number of benzene rings is 3. The van der Waals surface area contributed by atoms with E-state index in [-0.39, 0.29) is 5.91 Å². The molecule has 43 heavy (non-hydrogen) atoms. The molecule has 0 spiro atoms. The van der Waals surface area contributed by atoms with Crippen LogP contribution < -0.4 is 14.5 Å². The molecule has 8 heteroatoms. The Kier molecular flexibility index (Phi) is 13.1. The molecule has 0 aromatic heterocycles. The second-order valence-corrected chi connectivity index (χ2v) is 16.8. The number of para-hydroxylation sites is 1. The predicted octanol–water partition coefficient (Wildman–Crippen LogP) is 8.38. The minimum Gasteiger partial charge on any atom is -0.502 e. The SMILES string of the molecule is CCN(CC)C(=O)C(C)Oc1ccccc1[CH]=[Ru]([Cl])[Cl].Cc1cc(C)c(N2[CH-]N(c3c(C)cc(C)cc3C)CC2)c(C)c1. The Bertz CT molecular complexity index is 1340. The van der Waals surface area contributed by atoms with Crippen LogP contribution in [-0.2, 0) is 18.3 Å². The number of amides is 1. The van der Waals surface area contributed by atoms with Gasteiger partial charge >= 0.3 is 133 Å². The van der Waals surface area contributed by atoms with Crippen molar-refractivity contribution in [1.82, 2.24) is 4.90 Å². The fourth-order valence-electron chi connectivity index (χ4n) is 5.88. The Morgan fingerprint density at radius 2 is 1.33 bits per heavy atom. The Morgan fingerprint density at radius 3 is 1.74 bits per heavy atom. The van der Waals surface area contributed by atoms with Crippen molar-refractivity contribution < 1.29 is 23.0 Å². The van der Waals surface area contributed by atoms with E-state index in [0.717, 1.165) is 18.7 Å². The van der Waals surface area contributed by atoms with E-state index in [2.05, 4.69) is 82.3 Å². The number of ether oxygens (including phenoxy) is 1. The number of halogens is 2. The molecule has 0 aliphatic carbocycles. The van der Waals surface area contributed by atoms with Gasteiger partial charge in [0.05, 0.1) is 0 Å². The Hall–Kier alpha value is -2.40. The van der Waals surface area contributed by atoms with Crippen LogP contribution in [0.2, 0.25) is 0 Å². The van der Waals surface area contributed by atoms with E-state index in [1.807, 2.05) is 42.7 Å². The topological polar surface area (TPSA) is 36.0 Å². The average Bonchev–Trinajstić information content (AvgIpc) is 3.38. The maximum absolute atomic E-state index is 12.2. The zero-order valence-electron chi connectivity index (χ0n) is 26.9. The van der Waals surface area contributed by atoms with Crippen molar-refractivity contribution >= 4 is 41.3 Å². The first-order valence-electron chi connectivity index (χ1n) is 14.8. The van der Waals surface area contributed by atoms with Crippen LogP contribution in [-0.4, -0.2) is 47.7 Å². The number of rotatable bonds is 8. The van der Waals surface area contributed by atoms with E-state index >= 15 is 0 Å². The molecule has 236 valence electrons. The summed E-state index contributed by atoms with van der Waals surface area (Å²) in [5, 5.41) is 0. The van der Waals surface area contributed by atoms with Crippen LogP contribution in [0.4, 0.5) is 11.4 Å². The van der Waals surface area contributed by atoms with Crippen LogP contribution in [0, 0.1) is 48.2 Å². The van der Waals surface area contributed by atoms with Gasteiger partial charge in [0, 0.05) is 24.5 Å². The maximum atomic E-state index is 12.2. The monoisotopic (exact) mass is 712 g/mol. The van der Waals surface area contributed by atoms with Gasteiger partial charge in [-0.3, -0.25) is 0 Å². The van der Waals surface area contributed by atoms with E-state index in [0.29, 0.717) is 18.8 Å². The number of hydrogen-bond donors (Lipinski definition) is 0. The third-order valence-corrected chi connectivity index (χ3v) is 9.37. The Labute approximate surface area is 272 Å². The first kappa shape index (κ1) is 35.1. The molecule has 3 aromatic carbocycles. The molecule has 3 aromatic rings. The summed E-state index contributed by atoms with van der Waals surface area (Å²) in [4.78, 5) is 18.7. The van der Waals surface area contributed by atoms with Crippen LogP contribution in [0.1, 0.15) is 59.7 Å². The van der Waals surface area contributed by atoms with Gasteiger partial charge in [0.2, 0.25) is 0 Å². The van der Waals surface area contributed by atoms with Crippen molar-refractivity contribution in [3.8, 4) is 5.75 Å². The number of carbonyl (C=O) groups excluding carboxylic acids is 1. The maximum Gasteiger partial charge on any atom is 0.0146 e. The van der Waals surface area contributed by atoms with Crippen molar-refractivity contribution in [2.45, 2.75) is 68.4 Å². The average molecular weight is 713 g/mol. The number of nitrogens with zero attached hydrogens (tertiary/aromatic N) is 3. The summed E-state index contributed by atoms with van der Waals surface area (Å²) in [5.74, 6) is 0.622. The van der Waals surface area contributed by atoms with Gasteiger partial charge in [-0.05, 0) is 63.8 Å². The van der Waals surface area contributed by atoms with Crippen LogP contribution in [0.5, 0.6) is 5.75 Å². The predicted molar refractivity (Wildman–Crippen MR) is 182 cm³/mol. The molecule has 0 radical (unpaired) electrons. The Morgan fingerprint density at radius 1 is 0.884 bits per heavy atom. The number of carbonyl (C=O) groups is 1. The molecule has 4 rings (SSSR count). The molecule has 1 amide bonds. The van der Waals surface area contributed by atoms with Crippen LogP contribution in [0.3, 0.4) is 0 Å². The van der Waals surface area contributed by atoms with Crippen molar-refractivity contribution in [1.29, 1.82) is 0 Å². The minimum atomic E-state index is -1.92. The number of likely N-dealkylation sites (N-methyl/N-ethyl adjacent to an activating group) is 1. The van der Waals surface area contributed by atoms with E-state index < -0.39 is 19.6 Å². The zero-order valence-corrected chi connectivity index (χ0v) is 30.2. The van der Waals surface area contributed by atoms with Gasteiger partial charge in [-0.15, -0.1) is 0 Å². The van der Waals surface area contributed by atoms with E-state index in [1.54, 1.807) is 11.8 Å². The molecule has 1 atom stereocenters. The minimum absolute atomic E-state index is 0.0178. The first-order chi connectivity index (χ1) is 20.4. The summed E-state index contributed by atoms with van der Waals surface area (Å²) < 4.78 is 7.59. The second kappa shape index (κ2) is 16.1. The van der Waals surface area contributed by atoms with Crippen molar-refractivity contribution in [3.63, 3.8) is 0 Å². The molecular weight excluding hydrogens is 666 g/mol. The fraction of sp³-hybridized carbons (Fsp3) is 0.400. The standard InChI is InChI=1S/C21H27N2.C14H19NO2.2ClH.Ru/c1-14-9-16(3)20(17(4)10-14)22-7-8-23(13-22)21-18(5)11-15(2)12-19(21)6;1-5-15(6-2)14(16)12(4)17-13-10-8-7-9-11(13)3;;;/h9-13H,7-8H2,1-6H3;3,7-10,12H,5-6H2,1-2,4H3;2*1H;/q-1;;;;+2/p-2. The molecule has 5 nitrogen and oxygen atoms in total. The summed E-state index contributed by atoms with van der Waals surface area (Å²) in [5.41, 5.74) is 11.7. The zero-order chi connectivity index (χ0) is 31.8. The van der Waals surface area contributed by atoms with Gasteiger partial charge in [0.1, 0.15) is 0 Å². The van der Waals surface area contributed by atoms with Crippen LogP contribution in [0.25, 0.3) is 0 Å². The molecule has 0 saturated carbocycles. The van der Waals surface area contributed by atoms with Crippen molar-refractivity contribution in [2.24, 2.45) is 0 Å². The second-order valence-electron chi connectivity index (χ2n) is 11.1. The van der Waals surface area contributed by atoms with Crippen molar-refractivity contribution in [2.75, 3.05) is 36.0 Å². The van der Waals surface area contributed by atoms with E-state index in [9.17, 15) is 4.79 Å². The number of anilines is 2. The fourth-order valence-corrected chi connectivity index (χ4v) is 7.68. The van der Waals surface area contributed by atoms with Crippen molar-refractivity contribution in [3.05, 3.63) is 94.1 Å². The number of hydrogen-bond acceptors (Lipinski definition) is 4. The summed E-state index contributed by atoms with van der Waals surface area (Å²) in [6, 6.07) is 16.6. The van der Waals surface area contributed by atoms with Gasteiger partial charge in [-0.25, -0.2) is 0 Å². The van der Waals surface area contributed by atoms with Gasteiger partial charge in [-0.1, -0.05) is 35.4 Å². The molecule has 1 unspecified atom stereocenters. The third kappa shape index (κ3) is 9.30. The third-order valence-electron chi connectivity index (χ3n) is 7.54. The van der Waals surface area contributed by atoms with Gasteiger partial charge in [-0.2, -0.15) is 6.67 Å². The van der Waals surface area contributed by atoms with E-state index in [1.165, 1.54) is 44.8 Å². The molecular formula is C35H46Cl2N3O2Ru-. The molecule has 1 saturated heterocycles. The van der Waals surface area contributed by atoms with Gasteiger partial charge < -0.3 is 9.80 Å². The summed E-state index contributed by atoms with van der Waals surface area (Å²) >= 11 is -1.92. The molecule has 0 N–H and O–H groups in total. The van der Waals surface area contributed by atoms with E-state index in [4.69, 9.17) is 24.1 Å². The normalized spacial score (nSPS) is 13.7. The number of aryl methyl sites for hydroxylation is 6. The molecule has 1 aliphatic heterocycles. The smallest absolute Gasteiger partial charge is 0.0146 e. The molecule has 1 heterocycles. The largest absolute Gasteiger partial charge is 0.502 e. The van der Waals surface area contributed by atoms with Gasteiger partial charge in [0.15, 0.2) is 0 Å². The molecule has 1 fully saturated rings. The first-order valence-corrected chi connectivity index (χ1v) is 20.3.